The molecule has 3 N–H and O–H groups in total. The number of halogens is 1. The van der Waals surface area contributed by atoms with E-state index in [0.29, 0.717) is 11.8 Å². The van der Waals surface area contributed by atoms with Crippen LogP contribution in [0.2, 0.25) is 0 Å². The largest absolute Gasteiger partial charge is 0.508 e. The number of rotatable bonds is 5. The minimum absolute atomic E-state index is 0. The van der Waals surface area contributed by atoms with Crippen molar-refractivity contribution in [2.24, 2.45) is 0 Å². The average molecular weight is 395 g/mol. The first kappa shape index (κ1) is 19.3. The summed E-state index contributed by atoms with van der Waals surface area (Å²) in [7, 11) is 1.64. The lowest BCUT2D eigenvalue weighted by molar-refractivity contribution is 0.415. The van der Waals surface area contributed by atoms with E-state index in [1.807, 2.05) is 48.5 Å². The number of hydrogen-bond acceptors (Lipinski definition) is 6. The van der Waals surface area contributed by atoms with Gasteiger partial charge in [-0.2, -0.15) is 4.98 Å². The number of hydrogen-bond donors (Lipinski definition) is 3. The zero-order chi connectivity index (χ0) is 18.6. The van der Waals surface area contributed by atoms with Crippen LogP contribution >= 0.6 is 12.4 Å². The van der Waals surface area contributed by atoms with Crippen molar-refractivity contribution in [1.82, 2.24) is 9.97 Å². The Balaban J connectivity index is 0.00000225. The summed E-state index contributed by atoms with van der Waals surface area (Å²) >= 11 is 0. The third-order valence-electron chi connectivity index (χ3n) is 4.06. The second-order valence-electron chi connectivity index (χ2n) is 5.94. The van der Waals surface area contributed by atoms with Gasteiger partial charge in [0.1, 0.15) is 17.3 Å². The van der Waals surface area contributed by atoms with Crippen molar-refractivity contribution in [2.75, 3.05) is 17.7 Å². The Morgan fingerprint density at radius 1 is 0.821 bits per heavy atom. The molecule has 0 unspecified atom stereocenters. The molecule has 0 radical (unpaired) electrons. The van der Waals surface area contributed by atoms with Gasteiger partial charge in [0.2, 0.25) is 5.95 Å². The first-order valence-electron chi connectivity index (χ1n) is 8.45. The topological polar surface area (TPSA) is 79.3 Å². The zero-order valence-electron chi connectivity index (χ0n) is 15.1. The number of phenolic OH excluding ortho intramolecular Hbond substituents is 1. The van der Waals surface area contributed by atoms with Crippen LogP contribution in [0.15, 0.2) is 72.8 Å². The summed E-state index contributed by atoms with van der Waals surface area (Å²) in [5, 5.41) is 16.9. The van der Waals surface area contributed by atoms with Crippen molar-refractivity contribution < 1.29 is 9.84 Å². The molecule has 4 rings (SSSR count). The fourth-order valence-electron chi connectivity index (χ4n) is 2.74. The molecule has 0 saturated carbocycles. The molecule has 28 heavy (non-hydrogen) atoms. The van der Waals surface area contributed by atoms with Crippen molar-refractivity contribution in [3.05, 3.63) is 72.8 Å². The van der Waals surface area contributed by atoms with Gasteiger partial charge in [-0.05, 0) is 48.5 Å². The number of nitrogens with one attached hydrogen (secondary N) is 2. The predicted molar refractivity (Wildman–Crippen MR) is 114 cm³/mol. The highest BCUT2D eigenvalue weighted by atomic mass is 35.5. The van der Waals surface area contributed by atoms with E-state index in [-0.39, 0.29) is 18.2 Å². The van der Waals surface area contributed by atoms with E-state index < -0.39 is 0 Å². The summed E-state index contributed by atoms with van der Waals surface area (Å²) in [5.74, 6) is 2.13. The molecule has 0 bridgehead atoms. The van der Waals surface area contributed by atoms with E-state index in [0.717, 1.165) is 28.0 Å². The summed E-state index contributed by atoms with van der Waals surface area (Å²) < 4.78 is 5.29. The maximum Gasteiger partial charge on any atom is 0.229 e. The van der Waals surface area contributed by atoms with Gasteiger partial charge in [-0.15, -0.1) is 12.4 Å². The quantitative estimate of drug-likeness (QED) is 0.401. The summed E-state index contributed by atoms with van der Waals surface area (Å²) in [6.07, 6.45) is 0. The molecular formula is C21H19ClN4O2. The van der Waals surface area contributed by atoms with E-state index >= 15 is 0 Å². The number of aromatic hydroxyl groups is 1. The van der Waals surface area contributed by atoms with Gasteiger partial charge in [-0.25, -0.2) is 4.98 Å². The minimum Gasteiger partial charge on any atom is -0.508 e. The molecule has 0 amide bonds. The van der Waals surface area contributed by atoms with Crippen LogP contribution in [0.5, 0.6) is 11.5 Å². The van der Waals surface area contributed by atoms with Gasteiger partial charge in [0.05, 0.1) is 12.6 Å². The zero-order valence-corrected chi connectivity index (χ0v) is 15.9. The number of methoxy groups -OCH3 is 1. The number of fused-ring (bicyclic) bond motifs is 1. The normalized spacial score (nSPS) is 10.2. The van der Waals surface area contributed by atoms with Crippen LogP contribution in [0.25, 0.3) is 10.9 Å². The number of nitrogens with zero attached hydrogens (tertiary/aromatic N) is 2. The van der Waals surface area contributed by atoms with Crippen LogP contribution in [-0.2, 0) is 0 Å². The molecule has 0 aliphatic rings. The van der Waals surface area contributed by atoms with Crippen LogP contribution in [0.1, 0.15) is 0 Å². The second kappa shape index (κ2) is 8.45. The fourth-order valence-corrected chi connectivity index (χ4v) is 2.74. The molecule has 1 aromatic heterocycles. The van der Waals surface area contributed by atoms with Gasteiger partial charge in [0.15, 0.2) is 0 Å². The van der Waals surface area contributed by atoms with Gasteiger partial charge in [0, 0.05) is 22.8 Å². The van der Waals surface area contributed by atoms with Crippen molar-refractivity contribution in [2.45, 2.75) is 0 Å². The van der Waals surface area contributed by atoms with Gasteiger partial charge < -0.3 is 20.5 Å². The van der Waals surface area contributed by atoms with Gasteiger partial charge >= 0.3 is 0 Å². The van der Waals surface area contributed by atoms with Crippen LogP contribution in [-0.4, -0.2) is 22.2 Å². The first-order chi connectivity index (χ1) is 13.2. The van der Waals surface area contributed by atoms with E-state index in [4.69, 9.17) is 4.74 Å². The molecule has 3 aromatic carbocycles. The lowest BCUT2D eigenvalue weighted by Gasteiger charge is -2.12. The summed E-state index contributed by atoms with van der Waals surface area (Å²) in [4.78, 5) is 9.21. The Morgan fingerprint density at radius 2 is 1.61 bits per heavy atom. The Morgan fingerprint density at radius 3 is 2.39 bits per heavy atom. The molecule has 142 valence electrons. The average Bonchev–Trinajstić information content (AvgIpc) is 2.70. The van der Waals surface area contributed by atoms with Crippen molar-refractivity contribution in [1.29, 1.82) is 0 Å². The smallest absolute Gasteiger partial charge is 0.229 e. The number of anilines is 4. The highest BCUT2D eigenvalue weighted by Crippen LogP contribution is 2.28. The Bertz CT molecular complexity index is 1090. The Labute approximate surface area is 168 Å². The maximum atomic E-state index is 9.44. The maximum absolute atomic E-state index is 9.44. The van der Waals surface area contributed by atoms with Gasteiger partial charge in [-0.3, -0.25) is 0 Å². The number of ether oxygens (including phenoxy) is 1. The number of benzene rings is 3. The lowest BCUT2D eigenvalue weighted by atomic mass is 10.2. The number of aromatic nitrogens is 2. The highest BCUT2D eigenvalue weighted by Gasteiger charge is 2.09. The third-order valence-corrected chi connectivity index (χ3v) is 4.06. The van der Waals surface area contributed by atoms with E-state index in [1.165, 1.54) is 0 Å². The molecule has 1 heterocycles. The van der Waals surface area contributed by atoms with Crippen molar-refractivity contribution in [3.63, 3.8) is 0 Å². The van der Waals surface area contributed by atoms with Gasteiger partial charge in [-0.1, -0.05) is 18.2 Å². The molecule has 0 aliphatic carbocycles. The second-order valence-corrected chi connectivity index (χ2v) is 5.94. The van der Waals surface area contributed by atoms with E-state index in [2.05, 4.69) is 20.6 Å². The van der Waals surface area contributed by atoms with Crippen LogP contribution in [0.3, 0.4) is 0 Å². The summed E-state index contributed by atoms with van der Waals surface area (Å²) in [6, 6.07) is 22.2. The minimum atomic E-state index is 0. The number of phenols is 1. The van der Waals surface area contributed by atoms with Crippen molar-refractivity contribution in [3.8, 4) is 11.5 Å². The molecular weight excluding hydrogens is 376 g/mol. The summed E-state index contributed by atoms with van der Waals surface area (Å²) in [5.41, 5.74) is 2.48. The molecule has 6 nitrogen and oxygen atoms in total. The lowest BCUT2D eigenvalue weighted by Crippen LogP contribution is -2.02. The monoisotopic (exact) mass is 394 g/mol. The Kier molecular flexibility index (Phi) is 5.81. The third kappa shape index (κ3) is 4.24. The molecule has 4 aromatic rings. The molecule has 0 fully saturated rings. The summed E-state index contributed by atoms with van der Waals surface area (Å²) in [6.45, 7) is 0. The SMILES string of the molecule is COc1cccc(Nc2nc(Nc3ccc(O)cc3)nc3ccccc23)c1.Cl. The predicted octanol–water partition coefficient (Wildman–Crippen LogP) is 5.25. The Hall–Kier alpha value is -3.51. The van der Waals surface area contributed by atoms with Crippen LogP contribution < -0.4 is 15.4 Å². The molecule has 0 aliphatic heterocycles. The van der Waals surface area contributed by atoms with E-state index in [1.54, 1.807) is 31.4 Å². The van der Waals surface area contributed by atoms with Crippen LogP contribution in [0, 0.1) is 0 Å². The van der Waals surface area contributed by atoms with Crippen molar-refractivity contribution >= 4 is 46.5 Å². The van der Waals surface area contributed by atoms with Gasteiger partial charge in [0.25, 0.3) is 0 Å². The fraction of sp³-hybridized carbons (Fsp3) is 0.0476. The first-order valence-corrected chi connectivity index (χ1v) is 8.45. The molecule has 7 heteroatoms. The standard InChI is InChI=1S/C21H18N4O2.ClH/c1-27-17-6-4-5-15(13-17)22-20-18-7-2-3-8-19(18)24-21(25-20)23-14-9-11-16(26)12-10-14;/h2-13,26H,1H3,(H2,22,23,24,25);1H. The van der Waals surface area contributed by atoms with Crippen LogP contribution in [0.4, 0.5) is 23.1 Å². The molecule has 0 atom stereocenters. The van der Waals surface area contributed by atoms with E-state index in [9.17, 15) is 5.11 Å². The number of para-hydroxylation sites is 1. The molecule has 0 saturated heterocycles. The highest BCUT2D eigenvalue weighted by molar-refractivity contribution is 5.92. The molecule has 0 spiro atoms.